The van der Waals surface area contributed by atoms with E-state index in [1.54, 1.807) is 0 Å². The number of piperidine rings is 1. The minimum absolute atomic E-state index is 0.831. The maximum absolute atomic E-state index is 4.52. The summed E-state index contributed by atoms with van der Waals surface area (Å²) in [4.78, 5) is 7.00. The van der Waals surface area contributed by atoms with Crippen LogP contribution in [0, 0.1) is 0 Å². The van der Waals surface area contributed by atoms with E-state index >= 15 is 0 Å². The molecule has 1 saturated heterocycles. The van der Waals surface area contributed by atoms with Crippen molar-refractivity contribution in [1.29, 1.82) is 0 Å². The lowest BCUT2D eigenvalue weighted by molar-refractivity contribution is 0.355. The minimum Gasteiger partial charge on any atom is -0.350 e. The summed E-state index contributed by atoms with van der Waals surface area (Å²) in [5.41, 5.74) is 0. The zero-order valence-corrected chi connectivity index (χ0v) is 9.66. The summed E-state index contributed by atoms with van der Waals surface area (Å²) in [7, 11) is 0. The molecule has 0 aromatic rings. The van der Waals surface area contributed by atoms with Gasteiger partial charge in [0.25, 0.3) is 0 Å². The third kappa shape index (κ3) is 2.34. The van der Waals surface area contributed by atoms with Gasteiger partial charge < -0.3 is 4.90 Å². The molecule has 1 fully saturated rings. The van der Waals surface area contributed by atoms with Crippen LogP contribution in [0.15, 0.2) is 4.99 Å². The highest BCUT2D eigenvalue weighted by Gasteiger charge is 2.23. The fraction of sp³-hybridized carbons (Fsp3) is 0.889. The largest absolute Gasteiger partial charge is 0.350 e. The Kier molecular flexibility index (Phi) is 3.44. The summed E-state index contributed by atoms with van der Waals surface area (Å²) < 4.78 is 0. The maximum atomic E-state index is 4.52. The number of thioether (sulfide) groups is 2. The number of hydrogen-bond acceptors (Lipinski definition) is 4. The molecular weight excluding hydrogens is 200 g/mol. The van der Waals surface area contributed by atoms with Crippen LogP contribution in [0.3, 0.4) is 0 Å². The molecule has 74 valence electrons. The van der Waals surface area contributed by atoms with Gasteiger partial charge in [-0.1, -0.05) is 11.8 Å². The zero-order valence-electron chi connectivity index (χ0n) is 8.03. The minimum atomic E-state index is 0.831. The lowest BCUT2D eigenvalue weighted by Gasteiger charge is -2.32. The van der Waals surface area contributed by atoms with E-state index in [2.05, 4.69) is 16.1 Å². The van der Waals surface area contributed by atoms with Crippen molar-refractivity contribution < 1.29 is 0 Å². The Labute approximate surface area is 88.5 Å². The monoisotopic (exact) mass is 216 g/mol. The fourth-order valence-electron chi connectivity index (χ4n) is 1.82. The molecule has 2 heterocycles. The Hall–Kier alpha value is 0.170. The highest BCUT2D eigenvalue weighted by atomic mass is 32.2. The summed E-state index contributed by atoms with van der Waals surface area (Å²) in [5, 5.41) is 2.14. The van der Waals surface area contributed by atoms with Crippen LogP contribution in [-0.4, -0.2) is 47.0 Å². The molecule has 0 amide bonds. The molecule has 1 atom stereocenters. The molecule has 0 aromatic heterocycles. The van der Waals surface area contributed by atoms with Crippen molar-refractivity contribution >= 4 is 28.7 Å². The molecule has 1 unspecified atom stereocenters. The van der Waals surface area contributed by atoms with E-state index in [9.17, 15) is 0 Å². The molecule has 4 heteroatoms. The average Bonchev–Trinajstić information content (AvgIpc) is 2.71. The molecule has 2 aliphatic heterocycles. The number of hydrogen-bond donors (Lipinski definition) is 0. The molecule has 0 saturated carbocycles. The van der Waals surface area contributed by atoms with Crippen LogP contribution in [0.4, 0.5) is 0 Å². The van der Waals surface area contributed by atoms with E-state index in [4.69, 9.17) is 0 Å². The average molecular weight is 216 g/mol. The second kappa shape index (κ2) is 4.60. The van der Waals surface area contributed by atoms with Gasteiger partial charge >= 0.3 is 0 Å². The van der Waals surface area contributed by atoms with E-state index in [0.717, 1.165) is 11.8 Å². The Balaban J connectivity index is 1.91. The first-order valence-corrected chi connectivity index (χ1v) is 7.12. The highest BCUT2D eigenvalue weighted by Crippen LogP contribution is 2.24. The van der Waals surface area contributed by atoms with Crippen LogP contribution in [0.25, 0.3) is 0 Å². The standard InChI is InChI=1S/C9H16N2S2/c1-12-8-3-2-5-11(7-8)9-10-4-6-13-9/h8H,2-7H2,1H3. The van der Waals surface area contributed by atoms with Crippen LogP contribution in [0.2, 0.25) is 0 Å². The van der Waals surface area contributed by atoms with Gasteiger partial charge in [0.2, 0.25) is 0 Å². The topological polar surface area (TPSA) is 15.6 Å². The molecule has 0 spiro atoms. The summed E-state index contributed by atoms with van der Waals surface area (Å²) in [6, 6.07) is 0. The van der Waals surface area contributed by atoms with E-state index in [-0.39, 0.29) is 0 Å². The Morgan fingerprint density at radius 2 is 2.54 bits per heavy atom. The Bertz CT molecular complexity index is 206. The van der Waals surface area contributed by atoms with Crippen LogP contribution in [-0.2, 0) is 0 Å². The molecule has 0 aromatic carbocycles. The predicted octanol–water partition coefficient (Wildman–Crippen LogP) is 1.92. The van der Waals surface area contributed by atoms with Gasteiger partial charge in [-0.15, -0.1) is 0 Å². The molecule has 0 aliphatic carbocycles. The normalized spacial score (nSPS) is 29.2. The van der Waals surface area contributed by atoms with Gasteiger partial charge in [0.15, 0.2) is 5.17 Å². The van der Waals surface area contributed by atoms with Gasteiger partial charge in [-0.2, -0.15) is 11.8 Å². The van der Waals surface area contributed by atoms with Gasteiger partial charge in [-0.3, -0.25) is 4.99 Å². The molecule has 13 heavy (non-hydrogen) atoms. The summed E-state index contributed by atoms with van der Waals surface area (Å²) in [5.74, 6) is 1.19. The van der Waals surface area contributed by atoms with Crippen molar-refractivity contribution in [1.82, 2.24) is 4.90 Å². The number of nitrogens with zero attached hydrogens (tertiary/aromatic N) is 2. The van der Waals surface area contributed by atoms with E-state index in [1.807, 2.05) is 23.5 Å². The summed E-state index contributed by atoms with van der Waals surface area (Å²) >= 11 is 3.93. The van der Waals surface area contributed by atoms with Gasteiger partial charge in [-0.25, -0.2) is 0 Å². The highest BCUT2D eigenvalue weighted by molar-refractivity contribution is 8.14. The number of rotatable bonds is 1. The van der Waals surface area contributed by atoms with Crippen LogP contribution < -0.4 is 0 Å². The number of likely N-dealkylation sites (tertiary alicyclic amines) is 1. The number of aliphatic imine (C=N–C) groups is 1. The van der Waals surface area contributed by atoms with Gasteiger partial charge in [0.1, 0.15) is 0 Å². The molecule has 2 aliphatic rings. The van der Waals surface area contributed by atoms with Crippen LogP contribution in [0.5, 0.6) is 0 Å². The third-order valence-corrected chi connectivity index (χ3v) is 4.64. The van der Waals surface area contributed by atoms with Crippen molar-refractivity contribution in [2.75, 3.05) is 31.6 Å². The molecule has 0 radical (unpaired) electrons. The molecule has 2 nitrogen and oxygen atoms in total. The first kappa shape index (κ1) is 9.71. The van der Waals surface area contributed by atoms with Gasteiger partial charge in [0, 0.05) is 24.1 Å². The Morgan fingerprint density at radius 3 is 3.23 bits per heavy atom. The number of amidine groups is 1. The van der Waals surface area contributed by atoms with Crippen molar-refractivity contribution in [3.63, 3.8) is 0 Å². The van der Waals surface area contributed by atoms with E-state index in [0.29, 0.717) is 0 Å². The van der Waals surface area contributed by atoms with Crippen molar-refractivity contribution in [3.05, 3.63) is 0 Å². The smallest absolute Gasteiger partial charge is 0.159 e. The fourth-order valence-corrected chi connectivity index (χ4v) is 3.45. The second-order valence-corrected chi connectivity index (χ2v) is 5.66. The van der Waals surface area contributed by atoms with E-state index < -0.39 is 0 Å². The lowest BCUT2D eigenvalue weighted by atomic mass is 10.1. The SMILES string of the molecule is CSC1CCCN(C2=NCCS2)C1. The second-order valence-electron chi connectivity index (χ2n) is 3.46. The molecular formula is C9H16N2S2. The quantitative estimate of drug-likeness (QED) is 0.666. The zero-order chi connectivity index (χ0) is 9.10. The van der Waals surface area contributed by atoms with Crippen molar-refractivity contribution in [2.24, 2.45) is 4.99 Å². The lowest BCUT2D eigenvalue weighted by Crippen LogP contribution is -2.39. The van der Waals surface area contributed by atoms with Gasteiger partial charge in [0.05, 0.1) is 6.54 Å². The predicted molar refractivity (Wildman–Crippen MR) is 62.9 cm³/mol. The third-order valence-electron chi connectivity index (χ3n) is 2.55. The summed E-state index contributed by atoms with van der Waals surface area (Å²) in [6.45, 7) is 3.47. The van der Waals surface area contributed by atoms with Crippen molar-refractivity contribution in [3.8, 4) is 0 Å². The Morgan fingerprint density at radius 1 is 1.62 bits per heavy atom. The van der Waals surface area contributed by atoms with Crippen LogP contribution >= 0.6 is 23.5 Å². The first-order valence-electron chi connectivity index (χ1n) is 4.85. The molecule has 2 rings (SSSR count). The molecule has 0 bridgehead atoms. The van der Waals surface area contributed by atoms with Crippen LogP contribution in [0.1, 0.15) is 12.8 Å². The van der Waals surface area contributed by atoms with Crippen molar-refractivity contribution in [2.45, 2.75) is 18.1 Å². The maximum Gasteiger partial charge on any atom is 0.159 e. The molecule has 0 N–H and O–H groups in total. The van der Waals surface area contributed by atoms with Gasteiger partial charge in [-0.05, 0) is 19.1 Å². The summed E-state index contributed by atoms with van der Waals surface area (Å²) in [6.07, 6.45) is 4.94. The first-order chi connectivity index (χ1) is 6.40. The van der Waals surface area contributed by atoms with E-state index in [1.165, 1.54) is 36.9 Å².